The van der Waals surface area contributed by atoms with Crippen LogP contribution in [0.15, 0.2) is 60.7 Å². The number of benzene rings is 2. The third-order valence-corrected chi connectivity index (χ3v) is 5.27. The average molecular weight is 347 g/mol. The Kier molecular flexibility index (Phi) is 5.36. The zero-order valence-electron chi connectivity index (χ0n) is 15.0. The number of tetrazole rings is 1. The highest BCUT2D eigenvalue weighted by atomic mass is 15.5. The summed E-state index contributed by atoms with van der Waals surface area (Å²) in [5.41, 5.74) is 2.52. The van der Waals surface area contributed by atoms with Crippen LogP contribution in [0.2, 0.25) is 0 Å². The van der Waals surface area contributed by atoms with Gasteiger partial charge in [-0.1, -0.05) is 48.5 Å². The van der Waals surface area contributed by atoms with Crippen molar-refractivity contribution < 1.29 is 0 Å². The van der Waals surface area contributed by atoms with Crippen molar-refractivity contribution >= 4 is 0 Å². The largest absolute Gasteiger partial charge is 0.303 e. The van der Waals surface area contributed by atoms with Crippen LogP contribution in [0, 0.1) is 0 Å². The third kappa shape index (κ3) is 3.99. The Bertz CT molecular complexity index is 792. The van der Waals surface area contributed by atoms with Crippen molar-refractivity contribution in [1.29, 1.82) is 0 Å². The number of aromatic nitrogens is 4. The van der Waals surface area contributed by atoms with E-state index < -0.39 is 0 Å². The lowest BCUT2D eigenvalue weighted by Crippen LogP contribution is -2.34. The molecule has 1 fully saturated rings. The van der Waals surface area contributed by atoms with Gasteiger partial charge >= 0.3 is 0 Å². The molecule has 1 aliphatic heterocycles. The second-order valence-electron chi connectivity index (χ2n) is 6.97. The minimum atomic E-state index is 0.720. The van der Waals surface area contributed by atoms with E-state index in [9.17, 15) is 0 Å². The molecule has 1 saturated heterocycles. The first-order valence-electron chi connectivity index (χ1n) is 9.50. The van der Waals surface area contributed by atoms with Crippen molar-refractivity contribution in [3.05, 3.63) is 72.1 Å². The summed E-state index contributed by atoms with van der Waals surface area (Å²) in [6, 6.07) is 21.0. The van der Waals surface area contributed by atoms with Crippen molar-refractivity contribution in [3.63, 3.8) is 0 Å². The summed E-state index contributed by atoms with van der Waals surface area (Å²) in [5, 5.41) is 12.2. The van der Waals surface area contributed by atoms with Gasteiger partial charge < -0.3 is 4.90 Å². The van der Waals surface area contributed by atoms with Crippen LogP contribution in [-0.2, 0) is 6.42 Å². The fourth-order valence-electron chi connectivity index (χ4n) is 3.81. The Morgan fingerprint density at radius 1 is 0.885 bits per heavy atom. The maximum Gasteiger partial charge on any atom is 0.156 e. The predicted octanol–water partition coefficient (Wildman–Crippen LogP) is 3.47. The van der Waals surface area contributed by atoms with Gasteiger partial charge in [-0.25, -0.2) is 0 Å². The summed E-state index contributed by atoms with van der Waals surface area (Å²) < 4.78 is 1.85. The van der Waals surface area contributed by atoms with Gasteiger partial charge in [0.15, 0.2) is 5.82 Å². The fourth-order valence-corrected chi connectivity index (χ4v) is 3.81. The lowest BCUT2D eigenvalue weighted by Gasteiger charge is -2.32. The van der Waals surface area contributed by atoms with Crippen LogP contribution in [0.5, 0.6) is 0 Å². The van der Waals surface area contributed by atoms with Gasteiger partial charge in [-0.05, 0) is 72.9 Å². The summed E-state index contributed by atoms with van der Waals surface area (Å²) in [7, 11) is 0. The van der Waals surface area contributed by atoms with Gasteiger partial charge in [0.2, 0.25) is 0 Å². The first-order chi connectivity index (χ1) is 12.9. The van der Waals surface area contributed by atoms with Gasteiger partial charge in [-0.15, -0.1) is 5.10 Å². The third-order valence-electron chi connectivity index (χ3n) is 5.27. The molecule has 5 heteroatoms. The molecule has 2 heterocycles. The van der Waals surface area contributed by atoms with Crippen LogP contribution in [-0.4, -0.2) is 44.7 Å². The highest BCUT2D eigenvalue weighted by Gasteiger charge is 2.20. The van der Waals surface area contributed by atoms with E-state index in [-0.39, 0.29) is 0 Å². The molecule has 1 aliphatic rings. The molecule has 0 unspecified atom stereocenters. The molecule has 0 N–H and O–H groups in total. The number of aryl methyl sites for hydroxylation is 1. The van der Waals surface area contributed by atoms with Crippen molar-refractivity contribution in [2.75, 3.05) is 19.6 Å². The molecule has 3 aromatic rings. The number of rotatable bonds is 6. The van der Waals surface area contributed by atoms with Crippen LogP contribution < -0.4 is 0 Å². The molecule has 0 atom stereocenters. The topological polar surface area (TPSA) is 46.8 Å². The van der Waals surface area contributed by atoms with Crippen LogP contribution in [0.4, 0.5) is 0 Å². The van der Waals surface area contributed by atoms with E-state index in [0.29, 0.717) is 0 Å². The lowest BCUT2D eigenvalue weighted by molar-refractivity contribution is 0.210. The van der Waals surface area contributed by atoms with Gasteiger partial charge in [0.25, 0.3) is 0 Å². The van der Waals surface area contributed by atoms with Gasteiger partial charge in [0.05, 0.1) is 5.69 Å². The van der Waals surface area contributed by atoms with Crippen LogP contribution >= 0.6 is 0 Å². The maximum atomic E-state index is 4.21. The second kappa shape index (κ2) is 8.23. The quantitative estimate of drug-likeness (QED) is 0.685. The summed E-state index contributed by atoms with van der Waals surface area (Å²) in [4.78, 5) is 2.58. The molecular weight excluding hydrogens is 322 g/mol. The molecule has 2 aromatic carbocycles. The van der Waals surface area contributed by atoms with Gasteiger partial charge in [0, 0.05) is 6.42 Å². The number of hydrogen-bond acceptors (Lipinski definition) is 4. The van der Waals surface area contributed by atoms with E-state index in [2.05, 4.69) is 50.8 Å². The number of nitrogens with zero attached hydrogens (tertiary/aromatic N) is 5. The molecule has 0 bridgehead atoms. The monoisotopic (exact) mass is 347 g/mol. The molecule has 0 saturated carbocycles. The standard InChI is InChI=1S/C21H25N5/c1-3-8-18(9-4-1)19-13-16-25(17-14-19)15-7-12-21-22-23-24-26(21)20-10-5-2-6-11-20/h1-6,8-11,19H,7,12-17H2. The molecule has 1 aromatic heterocycles. The van der Waals surface area contributed by atoms with Gasteiger partial charge in [-0.3, -0.25) is 0 Å². The van der Waals surface area contributed by atoms with E-state index in [1.165, 1.54) is 31.5 Å². The van der Waals surface area contributed by atoms with Crippen molar-refractivity contribution in [2.45, 2.75) is 31.6 Å². The molecule has 26 heavy (non-hydrogen) atoms. The molecular formula is C21H25N5. The Balaban J connectivity index is 1.26. The Morgan fingerprint density at radius 2 is 1.58 bits per heavy atom. The number of para-hydroxylation sites is 1. The molecule has 4 rings (SSSR count). The van der Waals surface area contributed by atoms with E-state index in [1.54, 1.807) is 0 Å². The molecule has 0 spiro atoms. The lowest BCUT2D eigenvalue weighted by atomic mass is 9.89. The van der Waals surface area contributed by atoms with Gasteiger partial charge in [-0.2, -0.15) is 4.68 Å². The molecule has 134 valence electrons. The molecule has 0 radical (unpaired) electrons. The number of piperidine rings is 1. The highest BCUT2D eigenvalue weighted by molar-refractivity contribution is 5.30. The zero-order valence-corrected chi connectivity index (χ0v) is 15.0. The van der Waals surface area contributed by atoms with Gasteiger partial charge in [0.1, 0.15) is 0 Å². The smallest absolute Gasteiger partial charge is 0.156 e. The summed E-state index contributed by atoms with van der Waals surface area (Å²) in [6.45, 7) is 3.48. The van der Waals surface area contributed by atoms with Crippen LogP contribution in [0.1, 0.15) is 36.6 Å². The van der Waals surface area contributed by atoms with E-state index in [4.69, 9.17) is 0 Å². The van der Waals surface area contributed by atoms with E-state index in [1.807, 2.05) is 35.0 Å². The van der Waals surface area contributed by atoms with Crippen LogP contribution in [0.25, 0.3) is 5.69 Å². The van der Waals surface area contributed by atoms with Crippen LogP contribution in [0.3, 0.4) is 0 Å². The minimum Gasteiger partial charge on any atom is -0.303 e. The summed E-state index contributed by atoms with van der Waals surface area (Å²) in [5.74, 6) is 1.66. The first-order valence-corrected chi connectivity index (χ1v) is 9.50. The average Bonchev–Trinajstić information content (AvgIpc) is 3.18. The summed E-state index contributed by atoms with van der Waals surface area (Å²) in [6.07, 6.45) is 4.50. The normalized spacial score (nSPS) is 16.0. The number of likely N-dealkylation sites (tertiary alicyclic amines) is 1. The Morgan fingerprint density at radius 3 is 2.31 bits per heavy atom. The molecule has 0 aliphatic carbocycles. The Hall–Kier alpha value is -2.53. The first kappa shape index (κ1) is 16.9. The SMILES string of the molecule is c1ccc(C2CCN(CCCc3nnnn3-c3ccccc3)CC2)cc1. The maximum absolute atomic E-state index is 4.21. The summed E-state index contributed by atoms with van der Waals surface area (Å²) >= 11 is 0. The highest BCUT2D eigenvalue weighted by Crippen LogP contribution is 2.27. The van der Waals surface area contributed by atoms with Crippen molar-refractivity contribution in [1.82, 2.24) is 25.1 Å². The zero-order chi connectivity index (χ0) is 17.6. The fraction of sp³-hybridized carbons (Fsp3) is 0.381. The minimum absolute atomic E-state index is 0.720. The second-order valence-corrected chi connectivity index (χ2v) is 6.97. The molecule has 5 nitrogen and oxygen atoms in total. The van der Waals surface area contributed by atoms with E-state index >= 15 is 0 Å². The van der Waals surface area contributed by atoms with Crippen molar-refractivity contribution in [2.24, 2.45) is 0 Å². The van der Waals surface area contributed by atoms with E-state index in [0.717, 1.165) is 36.8 Å². The predicted molar refractivity (Wildman–Crippen MR) is 102 cm³/mol. The number of hydrogen-bond donors (Lipinski definition) is 0. The molecule has 0 amide bonds. The van der Waals surface area contributed by atoms with Crippen molar-refractivity contribution in [3.8, 4) is 5.69 Å². The Labute approximate surface area is 154 Å².